The minimum Gasteiger partial charge on any atom is -0.478 e. The number of carbonyl (C=O) groups is 2. The lowest BCUT2D eigenvalue weighted by atomic mass is 10.2. The van der Waals surface area contributed by atoms with Gasteiger partial charge in [-0.3, -0.25) is 4.79 Å². The Morgan fingerprint density at radius 3 is 2.62 bits per heavy atom. The SMILES string of the molecule is CCCC(=O)Nc1sc(CC)cc1C(=O)O. The minimum atomic E-state index is -0.997. The lowest BCUT2D eigenvalue weighted by Gasteiger charge is -2.02. The first kappa shape index (κ1) is 12.7. The molecule has 1 aromatic rings. The van der Waals surface area contributed by atoms with Crippen molar-refractivity contribution in [1.82, 2.24) is 0 Å². The molecular formula is C11H15NO3S. The van der Waals surface area contributed by atoms with Crippen LogP contribution in [0, 0.1) is 0 Å². The summed E-state index contributed by atoms with van der Waals surface area (Å²) < 4.78 is 0. The molecule has 0 aromatic carbocycles. The van der Waals surface area contributed by atoms with E-state index in [1.54, 1.807) is 6.07 Å². The van der Waals surface area contributed by atoms with Crippen LogP contribution in [0.15, 0.2) is 6.07 Å². The van der Waals surface area contributed by atoms with E-state index < -0.39 is 5.97 Å². The van der Waals surface area contributed by atoms with Crippen LogP contribution in [0.4, 0.5) is 5.00 Å². The number of carboxylic acids is 1. The van der Waals surface area contributed by atoms with Gasteiger partial charge in [0.05, 0.1) is 5.56 Å². The molecule has 0 radical (unpaired) electrons. The van der Waals surface area contributed by atoms with Crippen LogP contribution < -0.4 is 5.32 Å². The lowest BCUT2D eigenvalue weighted by molar-refractivity contribution is -0.116. The second-order valence-corrected chi connectivity index (χ2v) is 4.55. The Morgan fingerprint density at radius 2 is 2.12 bits per heavy atom. The third-order valence-electron chi connectivity index (χ3n) is 2.09. The number of hydrogen-bond donors (Lipinski definition) is 2. The van der Waals surface area contributed by atoms with E-state index in [4.69, 9.17) is 5.11 Å². The van der Waals surface area contributed by atoms with Crippen LogP contribution in [0.5, 0.6) is 0 Å². The van der Waals surface area contributed by atoms with Crippen LogP contribution >= 0.6 is 11.3 Å². The third-order valence-corrected chi connectivity index (χ3v) is 3.29. The Morgan fingerprint density at radius 1 is 1.44 bits per heavy atom. The van der Waals surface area contributed by atoms with Gasteiger partial charge in [0.15, 0.2) is 0 Å². The summed E-state index contributed by atoms with van der Waals surface area (Å²) >= 11 is 1.33. The first-order chi connectivity index (χ1) is 7.58. The lowest BCUT2D eigenvalue weighted by Crippen LogP contribution is -2.11. The summed E-state index contributed by atoms with van der Waals surface area (Å²) in [4.78, 5) is 23.3. The monoisotopic (exact) mass is 241 g/mol. The summed E-state index contributed by atoms with van der Waals surface area (Å²) in [7, 11) is 0. The second-order valence-electron chi connectivity index (χ2n) is 3.41. The summed E-state index contributed by atoms with van der Waals surface area (Å²) in [6.45, 7) is 3.86. The van der Waals surface area contributed by atoms with Gasteiger partial charge in [-0.25, -0.2) is 4.79 Å². The van der Waals surface area contributed by atoms with E-state index in [0.717, 1.165) is 17.7 Å². The molecule has 16 heavy (non-hydrogen) atoms. The number of aryl methyl sites for hydroxylation is 1. The molecule has 88 valence electrons. The molecule has 4 nitrogen and oxygen atoms in total. The first-order valence-corrected chi connectivity index (χ1v) is 6.06. The second kappa shape index (κ2) is 5.65. The predicted octanol–water partition coefficient (Wildman–Crippen LogP) is 2.75. The molecule has 2 N–H and O–H groups in total. The van der Waals surface area contributed by atoms with Gasteiger partial charge >= 0.3 is 5.97 Å². The number of rotatable bonds is 5. The molecule has 1 aromatic heterocycles. The van der Waals surface area contributed by atoms with Gasteiger partial charge < -0.3 is 10.4 Å². The Balaban J connectivity index is 2.89. The number of thiophene rings is 1. The minimum absolute atomic E-state index is 0.130. The van der Waals surface area contributed by atoms with Crippen molar-refractivity contribution < 1.29 is 14.7 Å². The van der Waals surface area contributed by atoms with E-state index in [0.29, 0.717) is 11.4 Å². The molecule has 0 aliphatic rings. The molecule has 1 heterocycles. The molecule has 0 aliphatic carbocycles. The van der Waals surface area contributed by atoms with E-state index in [-0.39, 0.29) is 11.5 Å². The van der Waals surface area contributed by atoms with Gasteiger partial charge in [-0.15, -0.1) is 11.3 Å². The zero-order chi connectivity index (χ0) is 12.1. The van der Waals surface area contributed by atoms with Gasteiger partial charge in [-0.1, -0.05) is 13.8 Å². The topological polar surface area (TPSA) is 66.4 Å². The summed E-state index contributed by atoms with van der Waals surface area (Å²) in [6, 6.07) is 1.62. The van der Waals surface area contributed by atoms with Gasteiger partial charge in [-0.05, 0) is 18.9 Å². The van der Waals surface area contributed by atoms with Gasteiger partial charge in [0.1, 0.15) is 5.00 Å². The van der Waals surface area contributed by atoms with Crippen molar-refractivity contribution in [3.8, 4) is 0 Å². The van der Waals surface area contributed by atoms with Crippen LogP contribution in [0.3, 0.4) is 0 Å². The van der Waals surface area contributed by atoms with E-state index in [9.17, 15) is 9.59 Å². The molecule has 5 heteroatoms. The molecule has 0 saturated heterocycles. The highest BCUT2D eigenvalue weighted by molar-refractivity contribution is 7.16. The third kappa shape index (κ3) is 3.06. The molecule has 1 amide bonds. The van der Waals surface area contributed by atoms with E-state index in [1.807, 2.05) is 13.8 Å². The number of nitrogens with one attached hydrogen (secondary N) is 1. The van der Waals surface area contributed by atoms with Crippen LogP contribution in [0.1, 0.15) is 41.9 Å². The van der Waals surface area contributed by atoms with Crippen molar-refractivity contribution in [2.75, 3.05) is 5.32 Å². The standard InChI is InChI=1S/C11H15NO3S/c1-3-5-9(13)12-10-8(11(14)15)6-7(4-2)16-10/h6H,3-5H2,1-2H3,(H,12,13)(H,14,15). The van der Waals surface area contributed by atoms with Gasteiger partial charge in [0, 0.05) is 11.3 Å². The van der Waals surface area contributed by atoms with E-state index in [2.05, 4.69) is 5.32 Å². The Labute approximate surface area is 98.3 Å². The van der Waals surface area contributed by atoms with Crippen LogP contribution in [-0.2, 0) is 11.2 Å². The van der Waals surface area contributed by atoms with Crippen molar-refractivity contribution in [1.29, 1.82) is 0 Å². The first-order valence-electron chi connectivity index (χ1n) is 5.24. The van der Waals surface area contributed by atoms with Crippen molar-refractivity contribution in [3.63, 3.8) is 0 Å². The summed E-state index contributed by atoms with van der Waals surface area (Å²) in [6.07, 6.45) is 1.94. The maximum absolute atomic E-state index is 11.4. The zero-order valence-corrected chi connectivity index (χ0v) is 10.2. The maximum atomic E-state index is 11.4. The fraction of sp³-hybridized carbons (Fsp3) is 0.455. The highest BCUT2D eigenvalue weighted by atomic mass is 32.1. The average Bonchev–Trinajstić information content (AvgIpc) is 2.61. The zero-order valence-electron chi connectivity index (χ0n) is 9.37. The highest BCUT2D eigenvalue weighted by Gasteiger charge is 2.16. The van der Waals surface area contributed by atoms with Crippen molar-refractivity contribution >= 4 is 28.2 Å². The number of hydrogen-bond acceptors (Lipinski definition) is 3. The normalized spacial score (nSPS) is 10.1. The number of carbonyl (C=O) groups excluding carboxylic acids is 1. The molecule has 0 bridgehead atoms. The molecule has 0 atom stereocenters. The smallest absolute Gasteiger partial charge is 0.338 e. The quantitative estimate of drug-likeness (QED) is 0.833. The number of anilines is 1. The van der Waals surface area contributed by atoms with E-state index >= 15 is 0 Å². The number of amides is 1. The Kier molecular flexibility index (Phi) is 4.49. The van der Waals surface area contributed by atoms with Gasteiger partial charge in [0.25, 0.3) is 0 Å². The van der Waals surface area contributed by atoms with Crippen molar-refractivity contribution in [2.24, 2.45) is 0 Å². The van der Waals surface area contributed by atoms with E-state index in [1.165, 1.54) is 11.3 Å². The van der Waals surface area contributed by atoms with Gasteiger partial charge in [-0.2, -0.15) is 0 Å². The van der Waals surface area contributed by atoms with Crippen LogP contribution in [0.2, 0.25) is 0 Å². The van der Waals surface area contributed by atoms with Crippen LogP contribution in [-0.4, -0.2) is 17.0 Å². The summed E-state index contributed by atoms with van der Waals surface area (Å²) in [5.74, 6) is -1.13. The number of carboxylic acid groups (broad SMARTS) is 1. The average molecular weight is 241 g/mol. The van der Waals surface area contributed by atoms with Crippen molar-refractivity contribution in [2.45, 2.75) is 33.1 Å². The predicted molar refractivity (Wildman–Crippen MR) is 64.2 cm³/mol. The Bertz CT molecular complexity index is 398. The molecular weight excluding hydrogens is 226 g/mol. The molecule has 0 aliphatic heterocycles. The largest absolute Gasteiger partial charge is 0.478 e. The number of aromatic carboxylic acids is 1. The summed E-state index contributed by atoms with van der Waals surface area (Å²) in [5, 5.41) is 12.1. The van der Waals surface area contributed by atoms with Crippen LogP contribution in [0.25, 0.3) is 0 Å². The maximum Gasteiger partial charge on any atom is 0.338 e. The fourth-order valence-electron chi connectivity index (χ4n) is 1.28. The highest BCUT2D eigenvalue weighted by Crippen LogP contribution is 2.28. The molecule has 0 unspecified atom stereocenters. The summed E-state index contributed by atoms with van der Waals surface area (Å²) in [5.41, 5.74) is 0.186. The van der Waals surface area contributed by atoms with Gasteiger partial charge in [0.2, 0.25) is 5.91 Å². The Hall–Kier alpha value is -1.36. The molecule has 0 spiro atoms. The molecule has 0 saturated carbocycles. The molecule has 0 fully saturated rings. The van der Waals surface area contributed by atoms with Crippen molar-refractivity contribution in [3.05, 3.63) is 16.5 Å². The molecule has 1 rings (SSSR count). The fourth-order valence-corrected chi connectivity index (χ4v) is 2.29.